The van der Waals surface area contributed by atoms with E-state index in [1.165, 1.54) is 6.07 Å². The summed E-state index contributed by atoms with van der Waals surface area (Å²) in [6.07, 6.45) is 1.91. The van der Waals surface area contributed by atoms with E-state index in [9.17, 15) is 9.59 Å². The molecule has 6 heteroatoms. The number of carboxylic acids is 1. The number of amides is 2. The first-order chi connectivity index (χ1) is 8.39. The Kier molecular flexibility index (Phi) is 3.47. The highest BCUT2D eigenvalue weighted by Crippen LogP contribution is 2.34. The van der Waals surface area contributed by atoms with Crippen LogP contribution in [0.25, 0.3) is 0 Å². The van der Waals surface area contributed by atoms with E-state index in [0.29, 0.717) is 5.69 Å². The molecule has 0 spiro atoms. The summed E-state index contributed by atoms with van der Waals surface area (Å²) < 4.78 is 0.810. The predicted octanol–water partition coefficient (Wildman–Crippen LogP) is 2.66. The smallest absolute Gasteiger partial charge is 0.337 e. The number of carbonyl (C=O) groups excluding carboxylic acids is 1. The fourth-order valence-electron chi connectivity index (χ4n) is 1.54. The van der Waals surface area contributed by atoms with Crippen molar-refractivity contribution in [3.8, 4) is 0 Å². The van der Waals surface area contributed by atoms with Gasteiger partial charge in [0.15, 0.2) is 0 Å². The molecule has 2 amide bonds. The Bertz CT molecular complexity index is 512. The van der Waals surface area contributed by atoms with Crippen LogP contribution in [-0.2, 0) is 0 Å². The third kappa shape index (κ3) is 3.12. The molecule has 1 saturated carbocycles. The molecule has 5 nitrogen and oxygen atoms in total. The minimum Gasteiger partial charge on any atom is -0.478 e. The molecule has 0 bridgehead atoms. The number of carbonyl (C=O) groups is 2. The van der Waals surface area contributed by atoms with Crippen LogP contribution in [0.3, 0.4) is 0 Å². The Balaban J connectivity index is 2.13. The maximum Gasteiger partial charge on any atom is 0.337 e. The number of rotatable bonds is 3. The van der Waals surface area contributed by atoms with Gasteiger partial charge in [0.25, 0.3) is 0 Å². The van der Waals surface area contributed by atoms with Gasteiger partial charge < -0.3 is 15.7 Å². The fourth-order valence-corrected chi connectivity index (χ4v) is 2.03. The van der Waals surface area contributed by atoms with Gasteiger partial charge in [-0.15, -0.1) is 0 Å². The van der Waals surface area contributed by atoms with Crippen molar-refractivity contribution in [2.24, 2.45) is 0 Å². The molecule has 1 aliphatic carbocycles. The zero-order chi connectivity index (χ0) is 13.3. The van der Waals surface area contributed by atoms with Crippen molar-refractivity contribution < 1.29 is 14.7 Å². The molecule has 1 aliphatic rings. The van der Waals surface area contributed by atoms with Crippen LogP contribution in [-0.4, -0.2) is 22.6 Å². The number of anilines is 1. The summed E-state index contributed by atoms with van der Waals surface area (Å²) in [5.41, 5.74) is 0.277. The molecule has 0 aromatic heterocycles. The molecule has 3 N–H and O–H groups in total. The van der Waals surface area contributed by atoms with Gasteiger partial charge in [-0.05, 0) is 60.6 Å². The SMILES string of the molecule is CC1(NC(=O)Nc2ccc(I)cc2C(=O)O)CC1. The van der Waals surface area contributed by atoms with Crippen molar-refractivity contribution in [1.29, 1.82) is 0 Å². The first-order valence-corrected chi connectivity index (χ1v) is 6.59. The molecular formula is C12H13IN2O3. The minimum atomic E-state index is -1.05. The second-order valence-corrected chi connectivity index (χ2v) is 5.88. The first kappa shape index (κ1) is 13.1. The topological polar surface area (TPSA) is 78.4 Å². The molecule has 0 heterocycles. The Morgan fingerprint density at radius 1 is 1.39 bits per heavy atom. The highest BCUT2D eigenvalue weighted by molar-refractivity contribution is 14.1. The zero-order valence-electron chi connectivity index (χ0n) is 9.79. The van der Waals surface area contributed by atoms with Crippen LogP contribution in [0.15, 0.2) is 18.2 Å². The molecule has 2 rings (SSSR count). The molecular weight excluding hydrogens is 347 g/mol. The van der Waals surface area contributed by atoms with E-state index in [0.717, 1.165) is 16.4 Å². The summed E-state index contributed by atoms with van der Waals surface area (Å²) in [7, 11) is 0. The molecule has 1 aromatic carbocycles. The van der Waals surface area contributed by atoms with Crippen LogP contribution in [0.5, 0.6) is 0 Å². The lowest BCUT2D eigenvalue weighted by molar-refractivity contribution is 0.0698. The summed E-state index contributed by atoms with van der Waals surface area (Å²) in [6, 6.07) is 4.51. The van der Waals surface area contributed by atoms with Gasteiger partial charge in [0.1, 0.15) is 0 Å². The van der Waals surface area contributed by atoms with Gasteiger partial charge in [-0.2, -0.15) is 0 Å². The average molecular weight is 360 g/mol. The van der Waals surface area contributed by atoms with Crippen molar-refractivity contribution in [1.82, 2.24) is 5.32 Å². The standard InChI is InChI=1S/C12H13IN2O3/c1-12(4-5-12)15-11(18)14-9-3-2-7(13)6-8(9)10(16)17/h2-3,6H,4-5H2,1H3,(H,16,17)(H2,14,15,18). The second-order valence-electron chi connectivity index (χ2n) is 4.63. The highest BCUT2D eigenvalue weighted by atomic mass is 127. The molecule has 1 fully saturated rings. The molecule has 18 heavy (non-hydrogen) atoms. The van der Waals surface area contributed by atoms with Crippen LogP contribution in [0, 0.1) is 3.57 Å². The molecule has 0 unspecified atom stereocenters. The third-order valence-electron chi connectivity index (χ3n) is 2.88. The number of halogens is 1. The summed E-state index contributed by atoms with van der Waals surface area (Å²) >= 11 is 2.03. The molecule has 96 valence electrons. The van der Waals surface area contributed by atoms with Crippen molar-refractivity contribution in [2.75, 3.05) is 5.32 Å². The van der Waals surface area contributed by atoms with Gasteiger partial charge in [-0.3, -0.25) is 0 Å². The van der Waals surface area contributed by atoms with Gasteiger partial charge >= 0.3 is 12.0 Å². The summed E-state index contributed by atoms with van der Waals surface area (Å²) in [5.74, 6) is -1.05. The van der Waals surface area contributed by atoms with E-state index in [2.05, 4.69) is 10.6 Å². The highest BCUT2D eigenvalue weighted by Gasteiger charge is 2.38. The number of hydrogen-bond donors (Lipinski definition) is 3. The zero-order valence-corrected chi connectivity index (χ0v) is 11.9. The Hall–Kier alpha value is -1.31. The Morgan fingerprint density at radius 2 is 2.06 bits per heavy atom. The largest absolute Gasteiger partial charge is 0.478 e. The maximum absolute atomic E-state index is 11.7. The lowest BCUT2D eigenvalue weighted by Gasteiger charge is -2.14. The van der Waals surface area contributed by atoms with Gasteiger partial charge in [0.05, 0.1) is 11.3 Å². The maximum atomic E-state index is 11.7. The minimum absolute atomic E-state index is 0.0954. The molecule has 1 aromatic rings. The van der Waals surface area contributed by atoms with E-state index in [1.54, 1.807) is 12.1 Å². The number of urea groups is 1. The molecule has 0 saturated heterocycles. The van der Waals surface area contributed by atoms with E-state index in [4.69, 9.17) is 5.11 Å². The number of nitrogens with one attached hydrogen (secondary N) is 2. The van der Waals surface area contributed by atoms with Gasteiger partial charge in [0, 0.05) is 9.11 Å². The van der Waals surface area contributed by atoms with Gasteiger partial charge in [0.2, 0.25) is 0 Å². The van der Waals surface area contributed by atoms with Crippen LogP contribution >= 0.6 is 22.6 Å². The Morgan fingerprint density at radius 3 is 2.61 bits per heavy atom. The van der Waals surface area contributed by atoms with Crippen LogP contribution in [0.4, 0.5) is 10.5 Å². The van der Waals surface area contributed by atoms with E-state index < -0.39 is 5.97 Å². The van der Waals surface area contributed by atoms with E-state index in [1.807, 2.05) is 29.5 Å². The molecule has 0 atom stereocenters. The summed E-state index contributed by atoms with van der Waals surface area (Å²) in [4.78, 5) is 22.8. The van der Waals surface area contributed by atoms with Crippen molar-refractivity contribution >= 4 is 40.3 Å². The fraction of sp³-hybridized carbons (Fsp3) is 0.333. The normalized spacial score (nSPS) is 15.9. The lowest BCUT2D eigenvalue weighted by atomic mass is 10.2. The van der Waals surface area contributed by atoms with E-state index >= 15 is 0 Å². The lowest BCUT2D eigenvalue weighted by Crippen LogP contribution is -2.37. The molecule has 0 radical (unpaired) electrons. The number of carboxylic acid groups (broad SMARTS) is 1. The number of benzene rings is 1. The quantitative estimate of drug-likeness (QED) is 0.726. The van der Waals surface area contributed by atoms with Crippen LogP contribution in [0.2, 0.25) is 0 Å². The van der Waals surface area contributed by atoms with Crippen molar-refractivity contribution in [3.63, 3.8) is 0 Å². The number of aromatic carboxylic acids is 1. The first-order valence-electron chi connectivity index (χ1n) is 5.52. The third-order valence-corrected chi connectivity index (χ3v) is 3.55. The molecule has 0 aliphatic heterocycles. The predicted molar refractivity (Wildman–Crippen MR) is 75.9 cm³/mol. The Labute approximate surface area is 118 Å². The van der Waals surface area contributed by atoms with Gasteiger partial charge in [-0.25, -0.2) is 9.59 Å². The van der Waals surface area contributed by atoms with Crippen LogP contribution in [0.1, 0.15) is 30.1 Å². The monoisotopic (exact) mass is 360 g/mol. The second kappa shape index (κ2) is 4.75. The summed E-state index contributed by atoms with van der Waals surface area (Å²) in [5, 5.41) is 14.5. The van der Waals surface area contributed by atoms with Crippen molar-refractivity contribution in [2.45, 2.75) is 25.3 Å². The average Bonchev–Trinajstić information content (AvgIpc) is 2.98. The van der Waals surface area contributed by atoms with E-state index in [-0.39, 0.29) is 17.1 Å². The number of hydrogen-bond acceptors (Lipinski definition) is 2. The summed E-state index contributed by atoms with van der Waals surface area (Å²) in [6.45, 7) is 1.96. The van der Waals surface area contributed by atoms with Crippen molar-refractivity contribution in [3.05, 3.63) is 27.3 Å². The van der Waals surface area contributed by atoms with Crippen LogP contribution < -0.4 is 10.6 Å². The van der Waals surface area contributed by atoms with Gasteiger partial charge in [-0.1, -0.05) is 0 Å².